The van der Waals surface area contributed by atoms with E-state index < -0.39 is 5.54 Å². The van der Waals surface area contributed by atoms with Crippen molar-refractivity contribution in [2.24, 2.45) is 10.7 Å². The zero-order valence-corrected chi connectivity index (χ0v) is 7.65. The number of fused-ring (bicyclic) bond motifs is 1. The minimum absolute atomic E-state index is 0.120. The summed E-state index contributed by atoms with van der Waals surface area (Å²) in [6.45, 7) is 1.85. The van der Waals surface area contributed by atoms with Crippen LogP contribution in [0.1, 0.15) is 6.92 Å². The summed E-state index contributed by atoms with van der Waals surface area (Å²) in [6.07, 6.45) is 4.82. The molecule has 4 nitrogen and oxygen atoms in total. The van der Waals surface area contributed by atoms with Crippen molar-refractivity contribution in [3.63, 3.8) is 0 Å². The van der Waals surface area contributed by atoms with Gasteiger partial charge in [0, 0.05) is 5.57 Å². The Bertz CT molecular complexity index is 462. The van der Waals surface area contributed by atoms with Gasteiger partial charge in [0.1, 0.15) is 23.2 Å². The van der Waals surface area contributed by atoms with Crippen molar-refractivity contribution in [3.05, 3.63) is 35.1 Å². The van der Waals surface area contributed by atoms with Crippen molar-refractivity contribution in [2.75, 3.05) is 0 Å². The van der Waals surface area contributed by atoms with Gasteiger partial charge in [-0.05, 0) is 25.2 Å². The molecule has 1 unspecified atom stereocenters. The maximum absolute atomic E-state index is 9.31. The highest BCUT2D eigenvalue weighted by molar-refractivity contribution is 6.05. The van der Waals surface area contributed by atoms with Gasteiger partial charge in [0.05, 0.1) is 5.57 Å². The average Bonchev–Trinajstić information content (AvgIpc) is 2.36. The van der Waals surface area contributed by atoms with E-state index in [1.807, 2.05) is 13.0 Å². The largest absolute Gasteiger partial charge is 0.508 e. The van der Waals surface area contributed by atoms with Gasteiger partial charge in [0.15, 0.2) is 0 Å². The fraction of sp³-hybridized carbons (Fsp3) is 0.200. The number of aliphatic hydroxyl groups is 1. The zero-order chi connectivity index (χ0) is 10.3. The molecule has 1 aliphatic carbocycles. The molecule has 0 amide bonds. The molecule has 3 N–H and O–H groups in total. The van der Waals surface area contributed by atoms with E-state index in [4.69, 9.17) is 11.0 Å². The average molecular weight is 187 g/mol. The first-order valence-corrected chi connectivity index (χ1v) is 4.17. The van der Waals surface area contributed by atoms with E-state index in [1.165, 1.54) is 6.08 Å². The number of aliphatic imine (C=N–C) groups is 1. The quantitative estimate of drug-likeness (QED) is 0.592. The SMILES string of the molecule is CC12C=CC(O)=CC1=C(C#N)C(N)=N2. The summed E-state index contributed by atoms with van der Waals surface area (Å²) < 4.78 is 0. The fourth-order valence-corrected chi connectivity index (χ4v) is 1.66. The lowest BCUT2D eigenvalue weighted by atomic mass is 9.87. The van der Waals surface area contributed by atoms with Gasteiger partial charge in [-0.3, -0.25) is 4.99 Å². The Morgan fingerprint density at radius 2 is 2.36 bits per heavy atom. The molecule has 0 aromatic heterocycles. The summed E-state index contributed by atoms with van der Waals surface area (Å²) in [5.74, 6) is 0.357. The first-order chi connectivity index (χ1) is 6.57. The monoisotopic (exact) mass is 187 g/mol. The molecule has 0 saturated heterocycles. The molecule has 0 fully saturated rings. The maximum atomic E-state index is 9.31. The van der Waals surface area contributed by atoms with Gasteiger partial charge in [-0.1, -0.05) is 0 Å². The Hall–Kier alpha value is -2.02. The van der Waals surface area contributed by atoms with Crippen LogP contribution in [0.25, 0.3) is 0 Å². The number of nitrogens with two attached hydrogens (primary N) is 1. The molecule has 2 aliphatic rings. The standard InChI is InChI=1S/C10H9N3O/c1-10-3-2-6(14)4-8(10)7(5-11)9(12)13-10/h2-4,14H,1H3,(H2,12,13). The van der Waals surface area contributed by atoms with Crippen LogP contribution in [0.4, 0.5) is 0 Å². The number of nitriles is 1. The van der Waals surface area contributed by atoms with Gasteiger partial charge >= 0.3 is 0 Å². The summed E-state index contributed by atoms with van der Waals surface area (Å²) in [4.78, 5) is 4.18. The molecule has 1 heterocycles. The summed E-state index contributed by atoms with van der Waals surface area (Å²) in [5.41, 5.74) is 6.04. The van der Waals surface area contributed by atoms with Crippen LogP contribution >= 0.6 is 0 Å². The highest BCUT2D eigenvalue weighted by atomic mass is 16.3. The Morgan fingerprint density at radius 3 is 3.00 bits per heavy atom. The predicted molar refractivity (Wildman–Crippen MR) is 52.5 cm³/mol. The minimum Gasteiger partial charge on any atom is -0.508 e. The molecule has 2 rings (SSSR count). The molecule has 0 aromatic rings. The second-order valence-corrected chi connectivity index (χ2v) is 3.45. The van der Waals surface area contributed by atoms with E-state index in [9.17, 15) is 5.11 Å². The van der Waals surface area contributed by atoms with Crippen LogP contribution in [0.15, 0.2) is 40.1 Å². The summed E-state index contributed by atoms with van der Waals surface area (Å²) >= 11 is 0. The van der Waals surface area contributed by atoms with E-state index in [0.717, 1.165) is 0 Å². The van der Waals surface area contributed by atoms with E-state index in [1.54, 1.807) is 12.2 Å². The second kappa shape index (κ2) is 2.48. The van der Waals surface area contributed by atoms with E-state index in [2.05, 4.69) is 4.99 Å². The van der Waals surface area contributed by atoms with Crippen LogP contribution in [0.5, 0.6) is 0 Å². The first kappa shape index (κ1) is 8.57. The third kappa shape index (κ3) is 0.958. The van der Waals surface area contributed by atoms with Crippen LogP contribution in [-0.4, -0.2) is 16.5 Å². The molecule has 0 spiro atoms. The molecule has 1 aliphatic heterocycles. The molecule has 1 atom stereocenters. The van der Waals surface area contributed by atoms with E-state index in [0.29, 0.717) is 11.1 Å². The van der Waals surface area contributed by atoms with Gasteiger partial charge in [-0.25, -0.2) is 0 Å². The Kier molecular flexibility index (Phi) is 1.52. The summed E-state index contributed by atoms with van der Waals surface area (Å²) in [6, 6.07) is 1.99. The molecule has 0 bridgehead atoms. The molecule has 0 saturated carbocycles. The predicted octanol–water partition coefficient (Wildman–Crippen LogP) is 0.948. The van der Waals surface area contributed by atoms with Crippen LogP contribution in [0, 0.1) is 11.3 Å². The van der Waals surface area contributed by atoms with Crippen LogP contribution in [0.3, 0.4) is 0 Å². The lowest BCUT2D eigenvalue weighted by Crippen LogP contribution is -2.21. The van der Waals surface area contributed by atoms with Gasteiger partial charge in [0.25, 0.3) is 0 Å². The van der Waals surface area contributed by atoms with Gasteiger partial charge < -0.3 is 10.8 Å². The molecular formula is C10H9N3O. The lowest BCUT2D eigenvalue weighted by Gasteiger charge is -2.21. The number of amidine groups is 1. The van der Waals surface area contributed by atoms with E-state index >= 15 is 0 Å². The number of hydrogen-bond donors (Lipinski definition) is 2. The molecular weight excluding hydrogens is 178 g/mol. The third-order valence-electron chi connectivity index (χ3n) is 2.41. The highest BCUT2D eigenvalue weighted by Crippen LogP contribution is 2.36. The zero-order valence-electron chi connectivity index (χ0n) is 7.65. The Balaban J connectivity index is 2.66. The maximum Gasteiger partial charge on any atom is 0.138 e. The fourth-order valence-electron chi connectivity index (χ4n) is 1.66. The van der Waals surface area contributed by atoms with E-state index in [-0.39, 0.29) is 11.6 Å². The molecule has 0 radical (unpaired) electrons. The van der Waals surface area contributed by atoms with Gasteiger partial charge in [-0.15, -0.1) is 0 Å². The first-order valence-electron chi connectivity index (χ1n) is 4.17. The van der Waals surface area contributed by atoms with Crippen LogP contribution in [-0.2, 0) is 0 Å². The molecule has 4 heteroatoms. The summed E-state index contributed by atoms with van der Waals surface area (Å²) in [7, 11) is 0. The smallest absolute Gasteiger partial charge is 0.138 e. The van der Waals surface area contributed by atoms with Gasteiger partial charge in [0.2, 0.25) is 0 Å². The molecule has 0 aromatic carbocycles. The van der Waals surface area contributed by atoms with Crippen molar-refractivity contribution >= 4 is 5.84 Å². The Morgan fingerprint density at radius 1 is 1.64 bits per heavy atom. The second-order valence-electron chi connectivity index (χ2n) is 3.45. The minimum atomic E-state index is -0.582. The summed E-state index contributed by atoms with van der Waals surface area (Å²) in [5, 5.41) is 18.2. The number of hydrogen-bond acceptors (Lipinski definition) is 4. The van der Waals surface area contributed by atoms with Crippen molar-refractivity contribution in [1.82, 2.24) is 0 Å². The number of allylic oxidation sites excluding steroid dienone is 1. The van der Waals surface area contributed by atoms with Gasteiger partial charge in [-0.2, -0.15) is 5.26 Å². The van der Waals surface area contributed by atoms with Crippen LogP contribution < -0.4 is 5.73 Å². The van der Waals surface area contributed by atoms with Crippen molar-refractivity contribution in [2.45, 2.75) is 12.5 Å². The lowest BCUT2D eigenvalue weighted by molar-refractivity contribution is 0.427. The van der Waals surface area contributed by atoms with Crippen LogP contribution in [0.2, 0.25) is 0 Å². The number of rotatable bonds is 0. The Labute approximate surface area is 81.4 Å². The van der Waals surface area contributed by atoms with Crippen molar-refractivity contribution < 1.29 is 5.11 Å². The van der Waals surface area contributed by atoms with Crippen molar-refractivity contribution in [3.8, 4) is 6.07 Å². The number of aliphatic hydroxyl groups excluding tert-OH is 1. The third-order valence-corrected chi connectivity index (χ3v) is 2.41. The van der Waals surface area contributed by atoms with Crippen molar-refractivity contribution in [1.29, 1.82) is 5.26 Å². The molecule has 70 valence electrons. The highest BCUT2D eigenvalue weighted by Gasteiger charge is 2.36. The number of nitrogens with zero attached hydrogens (tertiary/aromatic N) is 2. The molecule has 14 heavy (non-hydrogen) atoms. The normalized spacial score (nSPS) is 29.4. The topological polar surface area (TPSA) is 82.4 Å².